The fourth-order valence-corrected chi connectivity index (χ4v) is 2.18. The van der Waals surface area contributed by atoms with E-state index >= 15 is 0 Å². The highest BCUT2D eigenvalue weighted by molar-refractivity contribution is 5.75. The Morgan fingerprint density at radius 1 is 1.04 bits per heavy atom. The minimum absolute atomic E-state index is 0.151. The first-order chi connectivity index (χ1) is 10.9. The van der Waals surface area contributed by atoms with E-state index in [0.717, 1.165) is 5.56 Å². The van der Waals surface area contributed by atoms with E-state index in [9.17, 15) is 17.6 Å². The van der Waals surface area contributed by atoms with Crippen LogP contribution in [-0.2, 0) is 6.42 Å². The molecule has 0 bridgehead atoms. The molecule has 0 amide bonds. The SMILES string of the molecule is Fc1ccc2nc(Cc3ccc(OCC(F)(F)F)cc3)[nH]c2c1. The maximum Gasteiger partial charge on any atom is 0.422 e. The molecule has 0 radical (unpaired) electrons. The molecule has 0 spiro atoms. The number of benzene rings is 2. The number of nitrogens with zero attached hydrogens (tertiary/aromatic N) is 1. The molecule has 7 heteroatoms. The molecular formula is C16H12F4N2O. The van der Waals surface area contributed by atoms with Gasteiger partial charge in [0.25, 0.3) is 0 Å². The molecule has 3 nitrogen and oxygen atoms in total. The zero-order valence-corrected chi connectivity index (χ0v) is 11.8. The van der Waals surface area contributed by atoms with E-state index in [-0.39, 0.29) is 11.6 Å². The number of imidazole rings is 1. The molecule has 0 aliphatic rings. The van der Waals surface area contributed by atoms with Crippen molar-refractivity contribution in [2.24, 2.45) is 0 Å². The summed E-state index contributed by atoms with van der Waals surface area (Å²) in [6, 6.07) is 10.6. The van der Waals surface area contributed by atoms with Crippen LogP contribution in [0, 0.1) is 5.82 Å². The van der Waals surface area contributed by atoms with E-state index in [4.69, 9.17) is 0 Å². The summed E-state index contributed by atoms with van der Waals surface area (Å²) in [7, 11) is 0. The third kappa shape index (κ3) is 4.00. The van der Waals surface area contributed by atoms with Crippen LogP contribution in [0.2, 0.25) is 0 Å². The summed E-state index contributed by atoms with van der Waals surface area (Å²) in [4.78, 5) is 7.35. The number of aromatic amines is 1. The number of nitrogens with one attached hydrogen (secondary N) is 1. The lowest BCUT2D eigenvalue weighted by Gasteiger charge is -2.09. The predicted octanol–water partition coefficient (Wildman–Crippen LogP) is 4.23. The molecule has 2 aromatic carbocycles. The molecule has 0 unspecified atom stereocenters. The van der Waals surface area contributed by atoms with Crippen LogP contribution in [0.25, 0.3) is 11.0 Å². The molecule has 23 heavy (non-hydrogen) atoms. The quantitative estimate of drug-likeness (QED) is 0.729. The molecule has 0 saturated carbocycles. The van der Waals surface area contributed by atoms with Crippen molar-refractivity contribution in [2.75, 3.05) is 6.61 Å². The molecule has 0 fully saturated rings. The number of alkyl halides is 3. The number of aromatic nitrogens is 2. The second-order valence-corrected chi connectivity index (χ2v) is 5.07. The molecule has 0 saturated heterocycles. The van der Waals surface area contributed by atoms with Crippen LogP contribution in [-0.4, -0.2) is 22.8 Å². The lowest BCUT2D eigenvalue weighted by molar-refractivity contribution is -0.153. The van der Waals surface area contributed by atoms with Crippen LogP contribution < -0.4 is 4.74 Å². The fourth-order valence-electron chi connectivity index (χ4n) is 2.18. The van der Waals surface area contributed by atoms with Gasteiger partial charge in [-0.3, -0.25) is 0 Å². The van der Waals surface area contributed by atoms with Crippen molar-refractivity contribution in [1.82, 2.24) is 9.97 Å². The predicted molar refractivity (Wildman–Crippen MR) is 76.8 cm³/mol. The Morgan fingerprint density at radius 3 is 2.48 bits per heavy atom. The summed E-state index contributed by atoms with van der Waals surface area (Å²) in [5, 5.41) is 0. The van der Waals surface area contributed by atoms with Gasteiger partial charge in [0.2, 0.25) is 0 Å². The normalized spacial score (nSPS) is 11.8. The van der Waals surface area contributed by atoms with Gasteiger partial charge in [0.05, 0.1) is 11.0 Å². The highest BCUT2D eigenvalue weighted by Crippen LogP contribution is 2.20. The van der Waals surface area contributed by atoms with Crippen LogP contribution in [0.1, 0.15) is 11.4 Å². The number of rotatable bonds is 4. The van der Waals surface area contributed by atoms with Gasteiger partial charge in [-0.2, -0.15) is 13.2 Å². The largest absolute Gasteiger partial charge is 0.484 e. The molecule has 120 valence electrons. The van der Waals surface area contributed by atoms with Gasteiger partial charge in [-0.1, -0.05) is 12.1 Å². The lowest BCUT2D eigenvalue weighted by Crippen LogP contribution is -2.19. The highest BCUT2D eigenvalue weighted by Gasteiger charge is 2.28. The monoisotopic (exact) mass is 324 g/mol. The number of hydrogen-bond donors (Lipinski definition) is 1. The number of H-pyrrole nitrogens is 1. The number of ether oxygens (including phenoxy) is 1. The summed E-state index contributed by atoms with van der Waals surface area (Å²) < 4.78 is 54.0. The van der Waals surface area contributed by atoms with E-state index in [1.165, 1.54) is 24.3 Å². The Balaban J connectivity index is 1.69. The Bertz CT molecular complexity index is 809. The fraction of sp³-hybridized carbons (Fsp3) is 0.188. The van der Waals surface area contributed by atoms with Crippen molar-refractivity contribution in [2.45, 2.75) is 12.6 Å². The summed E-state index contributed by atoms with van der Waals surface area (Å²) in [5.41, 5.74) is 2.11. The molecule has 1 aromatic heterocycles. The molecular weight excluding hydrogens is 312 g/mol. The van der Waals surface area contributed by atoms with Crippen LogP contribution in [0.3, 0.4) is 0 Å². The number of halogens is 4. The van der Waals surface area contributed by atoms with Crippen LogP contribution in [0.5, 0.6) is 5.75 Å². The minimum Gasteiger partial charge on any atom is -0.484 e. The molecule has 3 rings (SSSR count). The van der Waals surface area contributed by atoms with Gasteiger partial charge < -0.3 is 9.72 Å². The second kappa shape index (κ2) is 5.91. The summed E-state index contributed by atoms with van der Waals surface area (Å²) >= 11 is 0. The highest BCUT2D eigenvalue weighted by atomic mass is 19.4. The summed E-state index contributed by atoms with van der Waals surface area (Å²) in [6.07, 6.45) is -3.90. The third-order valence-electron chi connectivity index (χ3n) is 3.19. The van der Waals surface area contributed by atoms with Crippen LogP contribution in [0.15, 0.2) is 42.5 Å². The minimum atomic E-state index is -4.36. The lowest BCUT2D eigenvalue weighted by atomic mass is 10.1. The van der Waals surface area contributed by atoms with Gasteiger partial charge >= 0.3 is 6.18 Å². The molecule has 0 atom stereocenters. The first-order valence-electron chi connectivity index (χ1n) is 6.82. The van der Waals surface area contributed by atoms with Crippen molar-refractivity contribution in [1.29, 1.82) is 0 Å². The van der Waals surface area contributed by atoms with Crippen molar-refractivity contribution in [3.63, 3.8) is 0 Å². The van der Waals surface area contributed by atoms with Crippen LogP contribution >= 0.6 is 0 Å². The van der Waals surface area contributed by atoms with Crippen molar-refractivity contribution in [3.05, 3.63) is 59.7 Å². The number of hydrogen-bond acceptors (Lipinski definition) is 2. The van der Waals surface area contributed by atoms with Crippen molar-refractivity contribution < 1.29 is 22.3 Å². The maximum absolute atomic E-state index is 13.1. The molecule has 3 aromatic rings. The zero-order valence-electron chi connectivity index (χ0n) is 11.8. The zero-order chi connectivity index (χ0) is 16.4. The second-order valence-electron chi connectivity index (χ2n) is 5.07. The van der Waals surface area contributed by atoms with E-state index in [0.29, 0.717) is 23.3 Å². The van der Waals surface area contributed by atoms with Gasteiger partial charge in [0.1, 0.15) is 17.4 Å². The Labute approximate surface area is 128 Å². The average Bonchev–Trinajstić information content (AvgIpc) is 2.87. The maximum atomic E-state index is 13.1. The topological polar surface area (TPSA) is 37.9 Å². The number of fused-ring (bicyclic) bond motifs is 1. The molecule has 1 N–H and O–H groups in total. The average molecular weight is 324 g/mol. The third-order valence-corrected chi connectivity index (χ3v) is 3.19. The summed E-state index contributed by atoms with van der Waals surface area (Å²) in [6.45, 7) is -1.32. The smallest absolute Gasteiger partial charge is 0.422 e. The van der Waals surface area contributed by atoms with Gasteiger partial charge in [-0.15, -0.1) is 0 Å². The van der Waals surface area contributed by atoms with Crippen molar-refractivity contribution in [3.8, 4) is 5.75 Å². The van der Waals surface area contributed by atoms with Gasteiger partial charge in [0, 0.05) is 6.42 Å². The Morgan fingerprint density at radius 2 is 1.78 bits per heavy atom. The van der Waals surface area contributed by atoms with Gasteiger partial charge in [-0.05, 0) is 35.9 Å². The van der Waals surface area contributed by atoms with E-state index in [2.05, 4.69) is 14.7 Å². The molecule has 0 aliphatic heterocycles. The van der Waals surface area contributed by atoms with Crippen LogP contribution in [0.4, 0.5) is 17.6 Å². The van der Waals surface area contributed by atoms with E-state index in [1.807, 2.05) is 0 Å². The van der Waals surface area contributed by atoms with Gasteiger partial charge in [-0.25, -0.2) is 9.37 Å². The summed E-state index contributed by atoms with van der Waals surface area (Å²) in [5.74, 6) is 0.450. The molecule has 1 heterocycles. The first-order valence-corrected chi connectivity index (χ1v) is 6.82. The van der Waals surface area contributed by atoms with Crippen molar-refractivity contribution >= 4 is 11.0 Å². The van der Waals surface area contributed by atoms with E-state index in [1.54, 1.807) is 18.2 Å². The Hall–Kier alpha value is -2.57. The molecule has 0 aliphatic carbocycles. The Kier molecular flexibility index (Phi) is 3.94. The first kappa shape index (κ1) is 15.3. The van der Waals surface area contributed by atoms with Gasteiger partial charge in [0.15, 0.2) is 6.61 Å². The van der Waals surface area contributed by atoms with E-state index < -0.39 is 12.8 Å². The standard InChI is InChI=1S/C16H12F4N2O/c17-11-3-6-13-14(8-11)22-15(21-13)7-10-1-4-12(5-2-10)23-9-16(18,19)20/h1-6,8H,7,9H2,(H,21,22).